The van der Waals surface area contributed by atoms with Crippen molar-refractivity contribution in [3.05, 3.63) is 24.3 Å². The minimum Gasteiger partial charge on any atom is 0 e. The minimum absolute atomic E-state index is 0. The van der Waals surface area contributed by atoms with Crippen molar-refractivity contribution in [3.63, 3.8) is 0 Å². The summed E-state index contributed by atoms with van der Waals surface area (Å²) in [5.41, 5.74) is 0. The molecular weight excluding hydrogens is 420 g/mol. The Morgan fingerprint density at radius 2 is 0.773 bits per heavy atom. The summed E-state index contributed by atoms with van der Waals surface area (Å²) < 4.78 is 59.2. The average Bonchev–Trinajstić information content (AvgIpc) is 2.12. The summed E-state index contributed by atoms with van der Waals surface area (Å²) in [7, 11) is -10.7. The Morgan fingerprint density at radius 3 is 0.864 bits per heavy atom. The van der Waals surface area contributed by atoms with Crippen molar-refractivity contribution in [1.29, 1.82) is 10.5 Å². The predicted octanol–water partition coefficient (Wildman–Crippen LogP) is 7.11. The smallest absolute Gasteiger partial charge is 0 e. The van der Waals surface area contributed by atoms with Crippen LogP contribution in [0.25, 0.3) is 0 Å². The van der Waals surface area contributed by atoms with Crippen LogP contribution in [0.3, 0.4) is 0 Å². The first kappa shape index (κ1) is 29.1. The van der Waals surface area contributed by atoms with Gasteiger partial charge < -0.3 is 0 Å². The normalized spacial score (nSPS) is 18.3. The van der Waals surface area contributed by atoms with Crippen LogP contribution in [0.5, 0.6) is 0 Å². The molecular formula is C12H18F6N2PRh-. The zero-order chi connectivity index (χ0) is 17.5. The van der Waals surface area contributed by atoms with Gasteiger partial charge in [0.2, 0.25) is 0 Å². The standard InChI is InChI=1S/C8H12.2C2H3N.F6P.Rh/c1-2-4-6-8-7-5-3-1;2*1-2-3;1-7(2,3,4,5)6;/h1-2,7-8H,3-6H2;2*1H3;;/q;;;-1;/b2-1-,8-7-;;;;. The first-order chi connectivity index (χ1) is 9.28. The molecule has 10 heteroatoms. The van der Waals surface area contributed by atoms with E-state index in [4.69, 9.17) is 10.5 Å². The second kappa shape index (κ2) is 12.6. The fourth-order valence-electron chi connectivity index (χ4n) is 0.856. The summed E-state index contributed by atoms with van der Waals surface area (Å²) in [6.45, 7) is 2.86. The van der Waals surface area contributed by atoms with Crippen molar-refractivity contribution >= 4 is 7.81 Å². The average molecular weight is 438 g/mol. The molecule has 22 heavy (non-hydrogen) atoms. The van der Waals surface area contributed by atoms with Gasteiger partial charge in [-0.25, -0.2) is 0 Å². The first-order valence-corrected chi connectivity index (χ1v) is 7.79. The molecule has 0 atom stereocenters. The molecule has 0 unspecified atom stereocenters. The zero-order valence-electron chi connectivity index (χ0n) is 12.1. The van der Waals surface area contributed by atoms with Crippen LogP contribution in [0.1, 0.15) is 39.5 Å². The quantitative estimate of drug-likeness (QED) is 0.175. The maximum absolute atomic E-state index is 10.7. The zero-order valence-corrected chi connectivity index (χ0v) is 14.6. The van der Waals surface area contributed by atoms with Crippen LogP contribution in [0.2, 0.25) is 0 Å². The largest absolute Gasteiger partial charge is 0 e. The van der Waals surface area contributed by atoms with Gasteiger partial charge in [-0.1, -0.05) is 24.3 Å². The maximum atomic E-state index is 9.87. The molecule has 0 amide bonds. The number of nitrogens with zero attached hydrogens (tertiary/aromatic N) is 2. The molecule has 0 saturated heterocycles. The molecule has 0 aromatic heterocycles. The van der Waals surface area contributed by atoms with Gasteiger partial charge in [-0.2, -0.15) is 10.5 Å². The molecule has 1 aliphatic rings. The molecule has 0 saturated carbocycles. The van der Waals surface area contributed by atoms with Crippen molar-refractivity contribution in [3.8, 4) is 12.1 Å². The Morgan fingerprint density at radius 1 is 0.682 bits per heavy atom. The molecule has 0 bridgehead atoms. The summed E-state index contributed by atoms with van der Waals surface area (Å²) >= 11 is 0. The fraction of sp³-hybridized carbons (Fsp3) is 0.500. The molecule has 0 spiro atoms. The van der Waals surface area contributed by atoms with Crippen molar-refractivity contribution in [2.75, 3.05) is 0 Å². The summed E-state index contributed by atoms with van der Waals surface area (Å²) in [6, 6.07) is 3.50. The van der Waals surface area contributed by atoms with Crippen molar-refractivity contribution < 1.29 is 44.7 Å². The van der Waals surface area contributed by atoms with E-state index in [0.717, 1.165) is 0 Å². The minimum atomic E-state index is -10.7. The third kappa shape index (κ3) is 124. The molecule has 1 rings (SSSR count). The Labute approximate surface area is 139 Å². The molecule has 0 N–H and O–H groups in total. The number of halogens is 6. The second-order valence-electron chi connectivity index (χ2n) is 3.50. The molecule has 0 aliphatic heterocycles. The van der Waals surface area contributed by atoms with Gasteiger partial charge in [0.1, 0.15) is 0 Å². The van der Waals surface area contributed by atoms with Crippen molar-refractivity contribution in [2.45, 2.75) is 39.5 Å². The van der Waals surface area contributed by atoms with Crippen LogP contribution in [0.4, 0.5) is 25.2 Å². The number of nitriles is 2. The maximum Gasteiger partial charge on any atom is 0 e. The number of hydrogen-bond acceptors (Lipinski definition) is 2. The van der Waals surface area contributed by atoms with Crippen LogP contribution in [-0.2, 0) is 19.5 Å². The SMILES string of the molecule is C1=C\CC/C=C\CC/1.CC#N.CC#N.F[P-](F)(F)(F)(F)F.[Rh]. The van der Waals surface area contributed by atoms with Gasteiger partial charge in [0, 0.05) is 33.3 Å². The Kier molecular flexibility index (Phi) is 16.7. The third-order valence-electron chi connectivity index (χ3n) is 1.33. The second-order valence-corrected chi connectivity index (χ2v) is 5.42. The molecule has 0 aromatic rings. The Hall–Kier alpha value is -0.907. The van der Waals surface area contributed by atoms with Crippen LogP contribution < -0.4 is 0 Å². The van der Waals surface area contributed by atoms with E-state index in [1.54, 1.807) is 12.1 Å². The molecule has 2 nitrogen and oxygen atoms in total. The monoisotopic (exact) mass is 438 g/mol. The van der Waals surface area contributed by atoms with E-state index in [1.165, 1.54) is 39.5 Å². The molecule has 133 valence electrons. The number of rotatable bonds is 0. The van der Waals surface area contributed by atoms with Gasteiger partial charge in [0.05, 0.1) is 12.1 Å². The summed E-state index contributed by atoms with van der Waals surface area (Å²) in [5.74, 6) is 0. The third-order valence-corrected chi connectivity index (χ3v) is 1.33. The van der Waals surface area contributed by atoms with Crippen molar-refractivity contribution in [2.24, 2.45) is 0 Å². The van der Waals surface area contributed by atoms with Crippen LogP contribution >= 0.6 is 7.81 Å². The predicted molar refractivity (Wildman–Crippen MR) is 72.9 cm³/mol. The van der Waals surface area contributed by atoms with Crippen LogP contribution in [-0.4, -0.2) is 0 Å². The molecule has 1 radical (unpaired) electrons. The number of hydrogen-bond donors (Lipinski definition) is 0. The van der Waals surface area contributed by atoms with E-state index in [2.05, 4.69) is 24.3 Å². The van der Waals surface area contributed by atoms with E-state index in [9.17, 15) is 25.2 Å². The summed E-state index contributed by atoms with van der Waals surface area (Å²) in [4.78, 5) is 0. The van der Waals surface area contributed by atoms with Crippen molar-refractivity contribution in [1.82, 2.24) is 0 Å². The van der Waals surface area contributed by atoms with E-state index < -0.39 is 7.81 Å². The molecule has 1 aliphatic carbocycles. The van der Waals surface area contributed by atoms with E-state index in [0.29, 0.717) is 0 Å². The first-order valence-electron chi connectivity index (χ1n) is 5.76. The van der Waals surface area contributed by atoms with Gasteiger partial charge >= 0.3 is 33.0 Å². The van der Waals surface area contributed by atoms with Gasteiger partial charge in [0.25, 0.3) is 0 Å². The van der Waals surface area contributed by atoms with E-state index in [-0.39, 0.29) is 19.5 Å². The summed E-state index contributed by atoms with van der Waals surface area (Å²) in [6.07, 6.45) is 14.0. The topological polar surface area (TPSA) is 47.6 Å². The van der Waals surface area contributed by atoms with Crippen LogP contribution in [0, 0.1) is 22.7 Å². The van der Waals surface area contributed by atoms with Gasteiger partial charge in [-0.3, -0.25) is 0 Å². The molecule has 0 aromatic carbocycles. The number of allylic oxidation sites excluding steroid dienone is 4. The van der Waals surface area contributed by atoms with E-state index in [1.807, 2.05) is 0 Å². The molecule has 0 fully saturated rings. The van der Waals surface area contributed by atoms with Gasteiger partial charge in [-0.15, -0.1) is 0 Å². The summed E-state index contributed by atoms with van der Waals surface area (Å²) in [5, 5.41) is 14.6. The van der Waals surface area contributed by atoms with Gasteiger partial charge in [-0.05, 0) is 25.7 Å². The fourth-order valence-corrected chi connectivity index (χ4v) is 0.856. The molecule has 0 heterocycles. The van der Waals surface area contributed by atoms with E-state index >= 15 is 0 Å². The Balaban J connectivity index is -0.000000106. The van der Waals surface area contributed by atoms with Crippen LogP contribution in [0.15, 0.2) is 24.3 Å². The van der Waals surface area contributed by atoms with Gasteiger partial charge in [0.15, 0.2) is 0 Å². The Bertz CT molecular complexity index is 353.